The first-order valence-corrected chi connectivity index (χ1v) is 10.2. The summed E-state index contributed by atoms with van der Waals surface area (Å²) in [5.41, 5.74) is 0. The van der Waals surface area contributed by atoms with Crippen LogP contribution in [-0.2, 0) is 4.79 Å². The van der Waals surface area contributed by atoms with Gasteiger partial charge in [-0.15, -0.1) is 10.2 Å². The Labute approximate surface area is 139 Å². The molecule has 1 unspecified atom stereocenters. The molecule has 120 valence electrons. The highest BCUT2D eigenvalue weighted by Crippen LogP contribution is 2.43. The molecule has 1 aromatic heterocycles. The number of rotatable bonds is 3. The fourth-order valence-corrected chi connectivity index (χ4v) is 5.19. The summed E-state index contributed by atoms with van der Waals surface area (Å²) in [5.74, 6) is 3.34. The van der Waals surface area contributed by atoms with Gasteiger partial charge in [-0.05, 0) is 25.7 Å². The minimum absolute atomic E-state index is 0.144. The van der Waals surface area contributed by atoms with Crippen LogP contribution in [0, 0.1) is 5.92 Å². The van der Waals surface area contributed by atoms with E-state index in [1.165, 1.54) is 17.8 Å². The van der Waals surface area contributed by atoms with Gasteiger partial charge in [0.15, 0.2) is 0 Å². The quantitative estimate of drug-likeness (QED) is 0.846. The number of nitrogens with zero attached hydrogens (tertiary/aromatic N) is 4. The molecule has 1 amide bonds. The van der Waals surface area contributed by atoms with Crippen LogP contribution in [0.5, 0.6) is 0 Å². The number of thioether (sulfide) groups is 1. The maximum atomic E-state index is 12.7. The molecular formula is C15H22N4OS2. The van der Waals surface area contributed by atoms with Crippen molar-refractivity contribution in [3.63, 3.8) is 0 Å². The molecule has 1 saturated carbocycles. The molecule has 2 saturated heterocycles. The molecule has 3 aliphatic rings. The maximum absolute atomic E-state index is 12.7. The number of piperidine rings is 1. The zero-order valence-corrected chi connectivity index (χ0v) is 14.4. The number of hydrogen-bond acceptors (Lipinski definition) is 6. The fourth-order valence-electron chi connectivity index (χ4n) is 3.24. The smallest absolute Gasteiger partial charge is 0.227 e. The van der Waals surface area contributed by atoms with Gasteiger partial charge in [-0.1, -0.05) is 11.3 Å². The van der Waals surface area contributed by atoms with Gasteiger partial charge in [0.2, 0.25) is 11.0 Å². The lowest BCUT2D eigenvalue weighted by Gasteiger charge is -2.35. The molecule has 3 heterocycles. The van der Waals surface area contributed by atoms with Gasteiger partial charge in [0.1, 0.15) is 5.01 Å². The molecule has 1 atom stereocenters. The summed E-state index contributed by atoms with van der Waals surface area (Å²) in [7, 11) is 0. The molecular weight excluding hydrogens is 316 g/mol. The Bertz CT molecular complexity index is 539. The summed E-state index contributed by atoms with van der Waals surface area (Å²) in [6.07, 6.45) is 4.63. The van der Waals surface area contributed by atoms with Crippen LogP contribution < -0.4 is 4.90 Å². The van der Waals surface area contributed by atoms with E-state index in [0.717, 1.165) is 55.7 Å². The molecule has 7 heteroatoms. The molecule has 0 spiro atoms. The minimum atomic E-state index is 0.144. The highest BCUT2D eigenvalue weighted by atomic mass is 32.2. The number of carbonyl (C=O) groups is 1. The summed E-state index contributed by atoms with van der Waals surface area (Å²) in [6, 6.07) is 0. The second kappa shape index (κ2) is 6.35. The van der Waals surface area contributed by atoms with Crippen LogP contribution in [0.1, 0.15) is 36.6 Å². The Morgan fingerprint density at radius 1 is 1.09 bits per heavy atom. The molecule has 1 aromatic rings. The Kier molecular flexibility index (Phi) is 4.26. The predicted molar refractivity (Wildman–Crippen MR) is 90.7 cm³/mol. The van der Waals surface area contributed by atoms with E-state index in [0.29, 0.717) is 11.8 Å². The summed E-state index contributed by atoms with van der Waals surface area (Å²) < 4.78 is 0. The van der Waals surface area contributed by atoms with Crippen LogP contribution in [0.25, 0.3) is 0 Å². The topological polar surface area (TPSA) is 49.3 Å². The average molecular weight is 339 g/mol. The molecule has 0 aromatic carbocycles. The van der Waals surface area contributed by atoms with Crippen LogP contribution in [0.15, 0.2) is 0 Å². The molecule has 22 heavy (non-hydrogen) atoms. The van der Waals surface area contributed by atoms with Gasteiger partial charge in [0, 0.05) is 43.6 Å². The van der Waals surface area contributed by atoms with Crippen molar-refractivity contribution in [3.8, 4) is 0 Å². The first-order chi connectivity index (χ1) is 10.8. The molecule has 0 bridgehead atoms. The summed E-state index contributed by atoms with van der Waals surface area (Å²) in [5, 5.41) is 10.9. The van der Waals surface area contributed by atoms with Crippen molar-refractivity contribution in [2.75, 3.05) is 42.6 Å². The van der Waals surface area contributed by atoms with Crippen molar-refractivity contribution < 1.29 is 4.79 Å². The van der Waals surface area contributed by atoms with Crippen molar-refractivity contribution in [3.05, 3.63) is 5.01 Å². The predicted octanol–water partition coefficient (Wildman–Crippen LogP) is 2.21. The number of hydrogen-bond donors (Lipinski definition) is 0. The average Bonchev–Trinajstić information content (AvgIpc) is 3.32. The van der Waals surface area contributed by atoms with E-state index < -0.39 is 0 Å². The van der Waals surface area contributed by atoms with Crippen LogP contribution in [0.2, 0.25) is 0 Å². The first kappa shape index (κ1) is 14.8. The number of anilines is 1. The number of aromatic nitrogens is 2. The lowest BCUT2D eigenvalue weighted by Crippen LogP contribution is -2.47. The lowest BCUT2D eigenvalue weighted by atomic mass is 9.97. The van der Waals surface area contributed by atoms with E-state index in [4.69, 9.17) is 0 Å². The van der Waals surface area contributed by atoms with Crippen LogP contribution >= 0.6 is 23.1 Å². The van der Waals surface area contributed by atoms with E-state index in [2.05, 4.69) is 20.0 Å². The molecule has 0 N–H and O–H groups in total. The molecule has 3 fully saturated rings. The molecule has 2 aliphatic heterocycles. The SMILES string of the molecule is O=C(C1CCCN(c2nnc(C3CC3)s2)C1)N1CCSCC1. The van der Waals surface area contributed by atoms with Crippen molar-refractivity contribution >= 4 is 34.1 Å². The fraction of sp³-hybridized carbons (Fsp3) is 0.800. The Morgan fingerprint density at radius 3 is 2.68 bits per heavy atom. The molecule has 5 nitrogen and oxygen atoms in total. The van der Waals surface area contributed by atoms with E-state index in [9.17, 15) is 4.79 Å². The molecule has 0 radical (unpaired) electrons. The van der Waals surface area contributed by atoms with E-state index in [1.54, 1.807) is 11.3 Å². The van der Waals surface area contributed by atoms with Crippen LogP contribution in [0.3, 0.4) is 0 Å². The highest BCUT2D eigenvalue weighted by molar-refractivity contribution is 7.99. The Balaban J connectivity index is 1.40. The van der Waals surface area contributed by atoms with Crippen molar-refractivity contribution in [2.45, 2.75) is 31.6 Å². The van der Waals surface area contributed by atoms with Gasteiger partial charge in [-0.2, -0.15) is 11.8 Å². The van der Waals surface area contributed by atoms with Gasteiger partial charge in [-0.25, -0.2) is 0 Å². The number of carbonyl (C=O) groups excluding carboxylic acids is 1. The van der Waals surface area contributed by atoms with Gasteiger partial charge in [0.25, 0.3) is 0 Å². The highest BCUT2D eigenvalue weighted by Gasteiger charge is 2.32. The van der Waals surface area contributed by atoms with Crippen molar-refractivity contribution in [2.24, 2.45) is 5.92 Å². The van der Waals surface area contributed by atoms with Crippen molar-refractivity contribution in [1.82, 2.24) is 15.1 Å². The second-order valence-corrected chi connectivity index (χ2v) is 8.63. The van der Waals surface area contributed by atoms with Crippen LogP contribution in [0.4, 0.5) is 5.13 Å². The summed E-state index contributed by atoms with van der Waals surface area (Å²) >= 11 is 3.69. The zero-order chi connectivity index (χ0) is 14.9. The molecule has 4 rings (SSSR count). The first-order valence-electron chi connectivity index (χ1n) is 8.26. The zero-order valence-electron chi connectivity index (χ0n) is 12.7. The van der Waals surface area contributed by atoms with E-state index in [-0.39, 0.29) is 5.92 Å². The maximum Gasteiger partial charge on any atom is 0.227 e. The third kappa shape index (κ3) is 3.11. The van der Waals surface area contributed by atoms with Gasteiger partial charge < -0.3 is 9.80 Å². The third-order valence-electron chi connectivity index (χ3n) is 4.72. The Hall–Kier alpha value is -0.820. The number of amides is 1. The summed E-state index contributed by atoms with van der Waals surface area (Å²) in [6.45, 7) is 3.68. The van der Waals surface area contributed by atoms with E-state index >= 15 is 0 Å². The van der Waals surface area contributed by atoms with E-state index in [1.807, 2.05) is 11.8 Å². The normalized spacial score (nSPS) is 26.3. The molecule has 1 aliphatic carbocycles. The second-order valence-electron chi connectivity index (χ2n) is 6.42. The van der Waals surface area contributed by atoms with Crippen LogP contribution in [-0.4, -0.2) is 58.7 Å². The monoisotopic (exact) mass is 338 g/mol. The lowest BCUT2D eigenvalue weighted by molar-refractivity contribution is -0.135. The standard InChI is InChI=1S/C15H22N4OS2/c20-14(18-6-8-21-9-7-18)12-2-1-5-19(10-12)15-17-16-13(22-15)11-3-4-11/h11-12H,1-10H2. The van der Waals surface area contributed by atoms with Crippen molar-refractivity contribution in [1.29, 1.82) is 0 Å². The largest absolute Gasteiger partial charge is 0.346 e. The third-order valence-corrected chi connectivity index (χ3v) is 6.81. The van der Waals surface area contributed by atoms with Gasteiger partial charge in [-0.3, -0.25) is 4.79 Å². The van der Waals surface area contributed by atoms with Gasteiger partial charge >= 0.3 is 0 Å². The van der Waals surface area contributed by atoms with Gasteiger partial charge in [0.05, 0.1) is 5.92 Å². The Morgan fingerprint density at radius 2 is 1.91 bits per heavy atom. The minimum Gasteiger partial charge on any atom is -0.346 e. The summed E-state index contributed by atoms with van der Waals surface area (Å²) in [4.78, 5) is 17.1.